The maximum atomic E-state index is 13.6. The molecule has 1 N–H and O–H groups in total. The van der Waals surface area contributed by atoms with Crippen LogP contribution in [0, 0.1) is 5.82 Å². The van der Waals surface area contributed by atoms with E-state index in [1.807, 2.05) is 0 Å². The fourth-order valence-corrected chi connectivity index (χ4v) is 4.12. The lowest BCUT2D eigenvalue weighted by molar-refractivity contribution is -0.138. The van der Waals surface area contributed by atoms with Crippen molar-refractivity contribution >= 4 is 33.4 Å². The Kier molecular flexibility index (Phi) is 5.77. The second kappa shape index (κ2) is 8.38. The number of alkyl halides is 3. The van der Waals surface area contributed by atoms with E-state index in [9.17, 15) is 27.2 Å². The van der Waals surface area contributed by atoms with E-state index in [4.69, 9.17) is 0 Å². The van der Waals surface area contributed by atoms with Gasteiger partial charge in [0.1, 0.15) is 12.4 Å². The van der Waals surface area contributed by atoms with Gasteiger partial charge in [0, 0.05) is 15.7 Å². The fourth-order valence-electron chi connectivity index (χ4n) is 3.74. The van der Waals surface area contributed by atoms with Gasteiger partial charge in [0.05, 0.1) is 17.2 Å². The van der Waals surface area contributed by atoms with E-state index in [0.29, 0.717) is 21.3 Å². The molecule has 4 nitrogen and oxygen atoms in total. The van der Waals surface area contributed by atoms with Gasteiger partial charge in [-0.2, -0.15) is 13.2 Å². The standard InChI is InChI=1S/C23H15BrF4N2O2/c24-14-7-10-19-17(11-14)21(13-5-8-15(25)9-6-13)30(12-20(31)29-19)22(32)16-3-1-2-4-18(16)23(26,27)28/h1-11,21H,12H2,(H,29,31). The molecule has 1 atom stereocenters. The molecule has 164 valence electrons. The van der Waals surface area contributed by atoms with E-state index >= 15 is 0 Å². The summed E-state index contributed by atoms with van der Waals surface area (Å²) >= 11 is 3.36. The maximum absolute atomic E-state index is 13.6. The van der Waals surface area contributed by atoms with E-state index in [0.717, 1.165) is 17.0 Å². The number of carbonyl (C=O) groups excluding carboxylic acids is 2. The lowest BCUT2D eigenvalue weighted by Crippen LogP contribution is -2.39. The summed E-state index contributed by atoms with van der Waals surface area (Å²) in [6.45, 7) is -0.487. The molecule has 3 aromatic rings. The van der Waals surface area contributed by atoms with Crippen LogP contribution in [0.15, 0.2) is 71.2 Å². The zero-order valence-electron chi connectivity index (χ0n) is 16.3. The van der Waals surface area contributed by atoms with Gasteiger partial charge in [-0.15, -0.1) is 0 Å². The van der Waals surface area contributed by atoms with Gasteiger partial charge < -0.3 is 10.2 Å². The van der Waals surface area contributed by atoms with Gasteiger partial charge in [-0.25, -0.2) is 4.39 Å². The molecule has 1 heterocycles. The van der Waals surface area contributed by atoms with E-state index in [1.165, 1.54) is 36.4 Å². The van der Waals surface area contributed by atoms with Crippen LogP contribution in [0.3, 0.4) is 0 Å². The van der Waals surface area contributed by atoms with Gasteiger partial charge >= 0.3 is 6.18 Å². The molecule has 0 radical (unpaired) electrons. The van der Waals surface area contributed by atoms with Crippen molar-refractivity contribution in [3.05, 3.63) is 99.3 Å². The SMILES string of the molecule is O=C1CN(C(=O)c2ccccc2C(F)(F)F)C(c2ccc(F)cc2)c2cc(Br)ccc2N1. The predicted octanol–water partition coefficient (Wildman–Crippen LogP) is 5.79. The first-order valence-corrected chi connectivity index (χ1v) is 10.3. The summed E-state index contributed by atoms with van der Waals surface area (Å²) in [5.41, 5.74) is -0.331. The Morgan fingerprint density at radius 3 is 2.41 bits per heavy atom. The largest absolute Gasteiger partial charge is 0.417 e. The first kappa shape index (κ1) is 22.0. The highest BCUT2D eigenvalue weighted by atomic mass is 79.9. The van der Waals surface area contributed by atoms with Crippen LogP contribution < -0.4 is 5.32 Å². The zero-order valence-corrected chi connectivity index (χ0v) is 17.9. The third-order valence-electron chi connectivity index (χ3n) is 5.12. The minimum atomic E-state index is -4.76. The molecule has 0 aliphatic carbocycles. The molecule has 0 spiro atoms. The molecule has 1 aliphatic heterocycles. The summed E-state index contributed by atoms with van der Waals surface area (Å²) in [4.78, 5) is 27.1. The molecule has 0 bridgehead atoms. The Bertz CT molecular complexity index is 1200. The molecule has 32 heavy (non-hydrogen) atoms. The third-order valence-corrected chi connectivity index (χ3v) is 5.61. The first-order chi connectivity index (χ1) is 15.1. The maximum Gasteiger partial charge on any atom is 0.417 e. The van der Waals surface area contributed by atoms with Crippen molar-refractivity contribution in [1.82, 2.24) is 4.90 Å². The second-order valence-corrected chi connectivity index (χ2v) is 8.13. The number of carbonyl (C=O) groups is 2. The lowest BCUT2D eigenvalue weighted by atomic mass is 9.94. The van der Waals surface area contributed by atoms with Crippen LogP contribution in [0.4, 0.5) is 23.2 Å². The average Bonchev–Trinajstić information content (AvgIpc) is 2.89. The van der Waals surface area contributed by atoms with Gasteiger partial charge in [0.25, 0.3) is 5.91 Å². The lowest BCUT2D eigenvalue weighted by Gasteiger charge is -2.31. The molecule has 0 saturated carbocycles. The van der Waals surface area contributed by atoms with Crippen LogP contribution in [-0.2, 0) is 11.0 Å². The molecule has 2 amide bonds. The Balaban J connectivity index is 1.92. The summed E-state index contributed by atoms with van der Waals surface area (Å²) in [5, 5.41) is 2.69. The number of rotatable bonds is 2. The van der Waals surface area contributed by atoms with Crippen LogP contribution in [0.25, 0.3) is 0 Å². The molecule has 0 saturated heterocycles. The highest BCUT2D eigenvalue weighted by Crippen LogP contribution is 2.39. The Labute approximate surface area is 189 Å². The summed E-state index contributed by atoms with van der Waals surface area (Å²) in [5.74, 6) is -2.03. The highest BCUT2D eigenvalue weighted by Gasteiger charge is 2.39. The van der Waals surface area contributed by atoms with Gasteiger partial charge in [-0.1, -0.05) is 40.2 Å². The number of nitrogens with zero attached hydrogens (tertiary/aromatic N) is 1. The molecule has 3 aromatic carbocycles. The van der Waals surface area contributed by atoms with E-state index in [2.05, 4.69) is 21.2 Å². The van der Waals surface area contributed by atoms with Gasteiger partial charge in [0.2, 0.25) is 5.91 Å². The average molecular weight is 507 g/mol. The monoisotopic (exact) mass is 506 g/mol. The number of halogens is 5. The molecule has 1 unspecified atom stereocenters. The van der Waals surface area contributed by atoms with E-state index in [1.54, 1.807) is 18.2 Å². The Morgan fingerprint density at radius 2 is 1.72 bits per heavy atom. The minimum absolute atomic E-state index is 0.409. The summed E-state index contributed by atoms with van der Waals surface area (Å²) in [6.07, 6.45) is -4.76. The zero-order chi connectivity index (χ0) is 23.0. The molecule has 0 fully saturated rings. The van der Waals surface area contributed by atoms with Crippen LogP contribution in [0.5, 0.6) is 0 Å². The number of anilines is 1. The van der Waals surface area contributed by atoms with Gasteiger partial charge in [-0.3, -0.25) is 9.59 Å². The smallest absolute Gasteiger partial charge is 0.324 e. The van der Waals surface area contributed by atoms with Crippen LogP contribution >= 0.6 is 15.9 Å². The van der Waals surface area contributed by atoms with Crippen molar-refractivity contribution in [2.24, 2.45) is 0 Å². The summed E-state index contributed by atoms with van der Waals surface area (Å²) in [7, 11) is 0. The normalized spacial score (nSPS) is 16.2. The van der Waals surface area contributed by atoms with Gasteiger partial charge in [-0.05, 0) is 48.0 Å². The molecule has 0 aromatic heterocycles. The molecule has 1 aliphatic rings. The van der Waals surface area contributed by atoms with Crippen molar-refractivity contribution in [3.63, 3.8) is 0 Å². The van der Waals surface area contributed by atoms with E-state index < -0.39 is 47.5 Å². The summed E-state index contributed by atoms with van der Waals surface area (Å²) in [6, 6.07) is 13.8. The number of benzene rings is 3. The summed E-state index contributed by atoms with van der Waals surface area (Å²) < 4.78 is 55.0. The molecular formula is C23H15BrF4N2O2. The van der Waals surface area contributed by atoms with Crippen molar-refractivity contribution in [3.8, 4) is 0 Å². The van der Waals surface area contributed by atoms with Gasteiger partial charge in [0.15, 0.2) is 0 Å². The fraction of sp³-hybridized carbons (Fsp3) is 0.130. The number of amides is 2. The Morgan fingerprint density at radius 1 is 1.03 bits per heavy atom. The third kappa shape index (κ3) is 4.25. The molecule has 4 rings (SSSR count). The van der Waals surface area contributed by atoms with E-state index in [-0.39, 0.29) is 0 Å². The topological polar surface area (TPSA) is 49.4 Å². The van der Waals surface area contributed by atoms with Crippen LogP contribution in [0.2, 0.25) is 0 Å². The highest BCUT2D eigenvalue weighted by molar-refractivity contribution is 9.10. The quantitative estimate of drug-likeness (QED) is 0.447. The molecular weight excluding hydrogens is 492 g/mol. The minimum Gasteiger partial charge on any atom is -0.324 e. The van der Waals surface area contributed by atoms with Crippen LogP contribution in [0.1, 0.15) is 33.1 Å². The number of fused-ring (bicyclic) bond motifs is 1. The number of nitrogens with one attached hydrogen (secondary N) is 1. The predicted molar refractivity (Wildman–Crippen MR) is 113 cm³/mol. The van der Waals surface area contributed by atoms with Crippen molar-refractivity contribution < 1.29 is 27.2 Å². The van der Waals surface area contributed by atoms with Crippen molar-refractivity contribution in [1.29, 1.82) is 0 Å². The van der Waals surface area contributed by atoms with Crippen molar-refractivity contribution in [2.75, 3.05) is 11.9 Å². The number of hydrogen-bond donors (Lipinski definition) is 1. The first-order valence-electron chi connectivity index (χ1n) is 9.47. The molecule has 9 heteroatoms. The van der Waals surface area contributed by atoms with Crippen molar-refractivity contribution in [2.45, 2.75) is 12.2 Å². The second-order valence-electron chi connectivity index (χ2n) is 7.21. The number of hydrogen-bond acceptors (Lipinski definition) is 2. The van der Waals surface area contributed by atoms with Crippen LogP contribution in [-0.4, -0.2) is 23.3 Å². The Hall–Kier alpha value is -3.20.